The van der Waals surface area contributed by atoms with Gasteiger partial charge in [0.1, 0.15) is 5.82 Å². The molecular weight excluding hydrogens is 208 g/mol. The van der Waals surface area contributed by atoms with Crippen LogP contribution < -0.4 is 5.32 Å². The molecule has 0 unspecified atom stereocenters. The number of nitrogens with zero attached hydrogens (tertiary/aromatic N) is 1. The lowest BCUT2D eigenvalue weighted by Crippen LogP contribution is -2.05. The number of aryl methyl sites for hydroxylation is 1. The topological polar surface area (TPSA) is 24.9 Å². The van der Waals surface area contributed by atoms with Crippen LogP contribution in [0.3, 0.4) is 0 Å². The van der Waals surface area contributed by atoms with Crippen molar-refractivity contribution in [2.24, 2.45) is 0 Å². The molecule has 1 aromatic heterocycles. The van der Waals surface area contributed by atoms with Crippen LogP contribution in [0.2, 0.25) is 0 Å². The van der Waals surface area contributed by atoms with Gasteiger partial charge < -0.3 is 5.32 Å². The summed E-state index contributed by atoms with van der Waals surface area (Å²) >= 11 is 0. The fourth-order valence-electron chi connectivity index (χ4n) is 1.74. The van der Waals surface area contributed by atoms with Gasteiger partial charge >= 0.3 is 0 Å². The summed E-state index contributed by atoms with van der Waals surface area (Å²) < 4.78 is 0. The van der Waals surface area contributed by atoms with Crippen LogP contribution in [-0.2, 0) is 12.8 Å². The summed E-state index contributed by atoms with van der Waals surface area (Å²) in [6.45, 7) is 3.10. The van der Waals surface area contributed by atoms with Gasteiger partial charge in [0.2, 0.25) is 0 Å². The maximum absolute atomic E-state index is 4.23. The molecule has 0 fully saturated rings. The minimum Gasteiger partial charge on any atom is -0.370 e. The average Bonchev–Trinajstić information content (AvgIpc) is 2.41. The number of anilines is 1. The Bertz CT molecular complexity index is 434. The first-order chi connectivity index (χ1) is 8.38. The van der Waals surface area contributed by atoms with E-state index < -0.39 is 0 Å². The number of nitrogens with one attached hydrogen (secondary N) is 1. The number of aromatic nitrogens is 1. The molecule has 2 nitrogen and oxygen atoms in total. The lowest BCUT2D eigenvalue weighted by atomic mass is 10.1. The van der Waals surface area contributed by atoms with Crippen molar-refractivity contribution in [1.29, 1.82) is 0 Å². The summed E-state index contributed by atoms with van der Waals surface area (Å²) in [7, 11) is 0. The molecule has 0 saturated heterocycles. The van der Waals surface area contributed by atoms with Gasteiger partial charge in [-0.25, -0.2) is 4.98 Å². The van der Waals surface area contributed by atoms with Crippen LogP contribution in [0.1, 0.15) is 18.1 Å². The number of benzene rings is 1. The summed E-state index contributed by atoms with van der Waals surface area (Å²) in [5, 5.41) is 3.31. The molecule has 0 saturated carbocycles. The lowest BCUT2D eigenvalue weighted by molar-refractivity contribution is 1.00. The van der Waals surface area contributed by atoms with Gasteiger partial charge in [-0.1, -0.05) is 37.3 Å². The Labute approximate surface area is 103 Å². The van der Waals surface area contributed by atoms with Crippen molar-refractivity contribution in [3.63, 3.8) is 0 Å². The van der Waals surface area contributed by atoms with Crippen molar-refractivity contribution in [3.05, 3.63) is 59.8 Å². The van der Waals surface area contributed by atoms with Crippen LogP contribution in [0.5, 0.6) is 0 Å². The molecule has 0 aliphatic rings. The Kier molecular flexibility index (Phi) is 4.14. The molecule has 0 radical (unpaired) electrons. The van der Waals surface area contributed by atoms with Crippen LogP contribution in [0.4, 0.5) is 5.82 Å². The Morgan fingerprint density at radius 3 is 2.41 bits per heavy atom. The van der Waals surface area contributed by atoms with E-state index >= 15 is 0 Å². The van der Waals surface area contributed by atoms with Crippen LogP contribution in [-0.4, -0.2) is 11.5 Å². The number of hydrogen-bond donors (Lipinski definition) is 1. The summed E-state index contributed by atoms with van der Waals surface area (Å²) in [6.07, 6.45) is 3.94. The summed E-state index contributed by atoms with van der Waals surface area (Å²) in [4.78, 5) is 4.23. The van der Waals surface area contributed by atoms with E-state index in [1.54, 1.807) is 6.20 Å². The fourth-order valence-corrected chi connectivity index (χ4v) is 1.74. The van der Waals surface area contributed by atoms with Crippen molar-refractivity contribution < 1.29 is 0 Å². The van der Waals surface area contributed by atoms with E-state index in [0.29, 0.717) is 0 Å². The highest BCUT2D eigenvalue weighted by atomic mass is 15.0. The maximum atomic E-state index is 4.23. The van der Waals surface area contributed by atoms with E-state index in [1.165, 1.54) is 11.1 Å². The second-order valence-electron chi connectivity index (χ2n) is 4.06. The SMILES string of the molecule is CCc1ccc(CCNc2ccccn2)cc1. The quantitative estimate of drug-likeness (QED) is 0.846. The molecule has 0 aliphatic carbocycles. The van der Waals surface area contributed by atoms with Gasteiger partial charge in [0.25, 0.3) is 0 Å². The number of rotatable bonds is 5. The first-order valence-corrected chi connectivity index (χ1v) is 6.11. The summed E-state index contributed by atoms with van der Waals surface area (Å²) in [5.74, 6) is 0.942. The van der Waals surface area contributed by atoms with Crippen molar-refractivity contribution in [2.75, 3.05) is 11.9 Å². The largest absolute Gasteiger partial charge is 0.370 e. The molecule has 0 atom stereocenters. The zero-order valence-corrected chi connectivity index (χ0v) is 10.2. The molecule has 1 aromatic carbocycles. The van der Waals surface area contributed by atoms with Crippen molar-refractivity contribution in [2.45, 2.75) is 19.8 Å². The van der Waals surface area contributed by atoms with E-state index in [0.717, 1.165) is 25.2 Å². The van der Waals surface area contributed by atoms with Crippen molar-refractivity contribution in [1.82, 2.24) is 4.98 Å². The molecular formula is C15H18N2. The third kappa shape index (κ3) is 3.59. The van der Waals surface area contributed by atoms with Gasteiger partial charge in [-0.2, -0.15) is 0 Å². The minimum absolute atomic E-state index is 0.919. The fraction of sp³-hybridized carbons (Fsp3) is 0.267. The van der Waals surface area contributed by atoms with Crippen LogP contribution in [0.15, 0.2) is 48.7 Å². The maximum Gasteiger partial charge on any atom is 0.125 e. The smallest absolute Gasteiger partial charge is 0.125 e. The molecule has 17 heavy (non-hydrogen) atoms. The molecule has 2 heteroatoms. The second kappa shape index (κ2) is 6.04. The van der Waals surface area contributed by atoms with Crippen molar-refractivity contribution in [3.8, 4) is 0 Å². The monoisotopic (exact) mass is 226 g/mol. The highest BCUT2D eigenvalue weighted by molar-refractivity contribution is 5.33. The second-order valence-corrected chi connectivity index (χ2v) is 4.06. The van der Waals surface area contributed by atoms with E-state index in [4.69, 9.17) is 0 Å². The molecule has 0 spiro atoms. The molecule has 88 valence electrons. The number of hydrogen-bond acceptors (Lipinski definition) is 2. The first kappa shape index (κ1) is 11.6. The third-order valence-electron chi connectivity index (χ3n) is 2.82. The molecule has 2 aromatic rings. The van der Waals surface area contributed by atoms with Gasteiger partial charge in [-0.05, 0) is 36.1 Å². The highest BCUT2D eigenvalue weighted by Crippen LogP contribution is 2.06. The van der Waals surface area contributed by atoms with E-state index in [1.807, 2.05) is 18.2 Å². The van der Waals surface area contributed by atoms with Crippen molar-refractivity contribution >= 4 is 5.82 Å². The van der Waals surface area contributed by atoms with E-state index in [9.17, 15) is 0 Å². The molecule has 1 N–H and O–H groups in total. The van der Waals surface area contributed by atoms with E-state index in [-0.39, 0.29) is 0 Å². The zero-order valence-electron chi connectivity index (χ0n) is 10.2. The normalized spacial score (nSPS) is 10.2. The van der Waals surface area contributed by atoms with Gasteiger partial charge in [0.05, 0.1) is 0 Å². The van der Waals surface area contributed by atoms with E-state index in [2.05, 4.69) is 41.5 Å². The highest BCUT2D eigenvalue weighted by Gasteiger charge is 1.95. The predicted octanol–water partition coefficient (Wildman–Crippen LogP) is 3.30. The zero-order chi connectivity index (χ0) is 11.9. The van der Waals surface area contributed by atoms with Gasteiger partial charge in [0, 0.05) is 12.7 Å². The van der Waals surface area contributed by atoms with Gasteiger partial charge in [0.15, 0.2) is 0 Å². The molecule has 2 rings (SSSR count). The van der Waals surface area contributed by atoms with Crippen LogP contribution >= 0.6 is 0 Å². The Hall–Kier alpha value is -1.83. The molecule has 0 bridgehead atoms. The summed E-state index contributed by atoms with van der Waals surface area (Å²) in [6, 6.07) is 14.7. The number of pyridine rings is 1. The standard InChI is InChI=1S/C15H18N2/c1-2-13-6-8-14(9-7-13)10-12-17-15-5-3-4-11-16-15/h3-9,11H,2,10,12H2,1H3,(H,16,17). The van der Waals surface area contributed by atoms with Crippen LogP contribution in [0, 0.1) is 0 Å². The lowest BCUT2D eigenvalue weighted by Gasteiger charge is -2.05. The average molecular weight is 226 g/mol. The predicted molar refractivity (Wildman–Crippen MR) is 72.3 cm³/mol. The summed E-state index contributed by atoms with van der Waals surface area (Å²) in [5.41, 5.74) is 2.76. The Morgan fingerprint density at radius 1 is 1.00 bits per heavy atom. The minimum atomic E-state index is 0.919. The Morgan fingerprint density at radius 2 is 1.76 bits per heavy atom. The molecule has 1 heterocycles. The Balaban J connectivity index is 1.82. The molecule has 0 aliphatic heterocycles. The molecule has 0 amide bonds. The van der Waals surface area contributed by atoms with Crippen LogP contribution in [0.25, 0.3) is 0 Å². The van der Waals surface area contributed by atoms with Gasteiger partial charge in [-0.15, -0.1) is 0 Å². The first-order valence-electron chi connectivity index (χ1n) is 6.11. The van der Waals surface area contributed by atoms with Gasteiger partial charge in [-0.3, -0.25) is 0 Å². The third-order valence-corrected chi connectivity index (χ3v) is 2.82.